The lowest BCUT2D eigenvalue weighted by Crippen LogP contribution is -2.25. The van der Waals surface area contributed by atoms with Gasteiger partial charge >= 0.3 is 0 Å². The molecule has 0 N–H and O–H groups in total. The van der Waals surface area contributed by atoms with Gasteiger partial charge in [-0.15, -0.1) is 0 Å². The Kier molecular flexibility index (Phi) is 13.7. The van der Waals surface area contributed by atoms with Gasteiger partial charge < -0.3 is 4.90 Å². The van der Waals surface area contributed by atoms with Gasteiger partial charge in [-0.05, 0) is 161 Å². The Morgan fingerprint density at radius 3 is 1.53 bits per heavy atom. The Bertz CT molecular complexity index is 2310. The first-order valence-corrected chi connectivity index (χ1v) is 23.9. The fourth-order valence-electron chi connectivity index (χ4n) is 10.3. The van der Waals surface area contributed by atoms with Gasteiger partial charge in [0.2, 0.25) is 0 Å². The van der Waals surface area contributed by atoms with Crippen molar-refractivity contribution in [1.82, 2.24) is 0 Å². The van der Waals surface area contributed by atoms with Crippen LogP contribution in [-0.2, 0) is 31.1 Å². The van der Waals surface area contributed by atoms with Crippen molar-refractivity contribution in [3.05, 3.63) is 166 Å². The van der Waals surface area contributed by atoms with E-state index in [9.17, 15) is 0 Å². The largest absolute Gasteiger partial charge is 0.345 e. The highest BCUT2D eigenvalue weighted by Gasteiger charge is 2.42. The van der Waals surface area contributed by atoms with E-state index in [4.69, 9.17) is 0 Å². The second-order valence-electron chi connectivity index (χ2n) is 18.4. The van der Waals surface area contributed by atoms with Gasteiger partial charge in [-0.2, -0.15) is 0 Å². The van der Waals surface area contributed by atoms with E-state index in [1.807, 2.05) is 0 Å². The van der Waals surface area contributed by atoms with Gasteiger partial charge in [0.15, 0.2) is 0 Å². The summed E-state index contributed by atoms with van der Waals surface area (Å²) in [5, 5.41) is 0. The lowest BCUT2D eigenvalue weighted by atomic mass is 9.70. The standard InChI is InChI=1S/C59H69N/c1-5-7-9-15-38-59(39-16-10-8-6-2)57-42-51(47-25-22-44(3)23-26-47)32-36-55(57)56-37-33-52(43-58(56)59)49-30-34-53(35-31-49)60(4)54-21-17-20-45(41-54)18-13-11-12-14-19-46-24-27-48-28-29-50(48)40-46/h17,20-27,30-37,40-43H,5-16,18-19,28-29,38-39H2,1-4H3. The molecule has 0 saturated heterocycles. The maximum Gasteiger partial charge on any atom is 0.0410 e. The van der Waals surface area contributed by atoms with Crippen LogP contribution in [0.3, 0.4) is 0 Å². The second kappa shape index (κ2) is 19.7. The molecule has 0 aromatic heterocycles. The second-order valence-corrected chi connectivity index (χ2v) is 18.4. The Labute approximate surface area is 363 Å². The summed E-state index contributed by atoms with van der Waals surface area (Å²) in [6.07, 6.45) is 22.9. The molecular formula is C59H69N. The molecule has 0 bridgehead atoms. The molecule has 1 heteroatoms. The first-order valence-electron chi connectivity index (χ1n) is 23.9. The molecule has 6 aromatic carbocycles. The molecule has 2 aliphatic carbocycles. The van der Waals surface area contributed by atoms with E-state index in [-0.39, 0.29) is 5.41 Å². The smallest absolute Gasteiger partial charge is 0.0410 e. The summed E-state index contributed by atoms with van der Waals surface area (Å²) in [4.78, 5) is 2.35. The van der Waals surface area contributed by atoms with Crippen LogP contribution in [0.5, 0.6) is 0 Å². The highest BCUT2D eigenvalue weighted by Crippen LogP contribution is 2.56. The third-order valence-corrected chi connectivity index (χ3v) is 14.2. The summed E-state index contributed by atoms with van der Waals surface area (Å²) in [6, 6.07) is 49.7. The number of nitrogens with zero attached hydrogens (tertiary/aromatic N) is 1. The lowest BCUT2D eigenvalue weighted by molar-refractivity contribution is 0.401. The molecule has 0 unspecified atom stereocenters. The van der Waals surface area contributed by atoms with E-state index in [0.29, 0.717) is 0 Å². The van der Waals surface area contributed by atoms with Gasteiger partial charge in [-0.3, -0.25) is 0 Å². The molecule has 0 atom stereocenters. The molecule has 0 amide bonds. The summed E-state index contributed by atoms with van der Waals surface area (Å²) >= 11 is 0. The first kappa shape index (κ1) is 41.8. The molecular weight excluding hydrogens is 723 g/mol. The van der Waals surface area contributed by atoms with Gasteiger partial charge in [-0.1, -0.05) is 175 Å². The third-order valence-electron chi connectivity index (χ3n) is 14.2. The number of rotatable bonds is 21. The number of hydrogen-bond acceptors (Lipinski definition) is 1. The minimum Gasteiger partial charge on any atom is -0.345 e. The number of unbranched alkanes of at least 4 members (excludes halogenated alkanes) is 9. The van der Waals surface area contributed by atoms with E-state index in [0.717, 1.165) is 6.42 Å². The van der Waals surface area contributed by atoms with Crippen LogP contribution in [0, 0.1) is 6.92 Å². The van der Waals surface area contributed by atoms with E-state index < -0.39 is 0 Å². The van der Waals surface area contributed by atoms with Gasteiger partial charge in [0.1, 0.15) is 0 Å². The van der Waals surface area contributed by atoms with Crippen LogP contribution >= 0.6 is 0 Å². The number of hydrogen-bond donors (Lipinski definition) is 0. The van der Waals surface area contributed by atoms with Crippen LogP contribution in [-0.4, -0.2) is 7.05 Å². The summed E-state index contributed by atoms with van der Waals surface area (Å²) in [5.74, 6) is 0. The number of benzene rings is 6. The highest BCUT2D eigenvalue weighted by molar-refractivity contribution is 5.86. The van der Waals surface area contributed by atoms with Crippen molar-refractivity contribution in [1.29, 1.82) is 0 Å². The van der Waals surface area contributed by atoms with E-state index in [2.05, 4.69) is 160 Å². The Hall–Kier alpha value is -4.88. The number of anilines is 2. The minimum absolute atomic E-state index is 0.0384. The van der Waals surface area contributed by atoms with Crippen LogP contribution in [0.2, 0.25) is 0 Å². The van der Waals surface area contributed by atoms with Crippen molar-refractivity contribution in [3.63, 3.8) is 0 Å². The van der Waals surface area contributed by atoms with Gasteiger partial charge in [-0.25, -0.2) is 0 Å². The van der Waals surface area contributed by atoms with Crippen molar-refractivity contribution >= 4 is 11.4 Å². The molecule has 0 aliphatic heterocycles. The van der Waals surface area contributed by atoms with E-state index >= 15 is 0 Å². The third kappa shape index (κ3) is 9.37. The molecule has 0 heterocycles. The zero-order valence-corrected chi connectivity index (χ0v) is 37.3. The maximum absolute atomic E-state index is 2.59. The predicted octanol–water partition coefficient (Wildman–Crippen LogP) is 16.7. The molecule has 0 spiro atoms. The van der Waals surface area contributed by atoms with Crippen LogP contribution in [0.1, 0.15) is 143 Å². The molecule has 6 aromatic rings. The van der Waals surface area contributed by atoms with Gasteiger partial charge in [0.05, 0.1) is 0 Å². The van der Waals surface area contributed by atoms with E-state index in [1.165, 1.54) is 171 Å². The molecule has 0 fully saturated rings. The van der Waals surface area contributed by atoms with Crippen molar-refractivity contribution in [3.8, 4) is 33.4 Å². The maximum atomic E-state index is 2.59. The molecule has 0 saturated carbocycles. The zero-order valence-electron chi connectivity index (χ0n) is 37.3. The normalized spacial score (nSPS) is 13.4. The highest BCUT2D eigenvalue weighted by atomic mass is 15.1. The molecule has 60 heavy (non-hydrogen) atoms. The fraction of sp³-hybridized carbons (Fsp3) is 0.390. The van der Waals surface area contributed by atoms with Crippen LogP contribution in [0.25, 0.3) is 33.4 Å². The van der Waals surface area contributed by atoms with Crippen molar-refractivity contribution < 1.29 is 0 Å². The Morgan fingerprint density at radius 2 is 0.983 bits per heavy atom. The van der Waals surface area contributed by atoms with Gasteiger partial charge in [0.25, 0.3) is 0 Å². The van der Waals surface area contributed by atoms with Crippen LogP contribution in [0.4, 0.5) is 11.4 Å². The minimum atomic E-state index is 0.0384. The van der Waals surface area contributed by atoms with Crippen LogP contribution in [0.15, 0.2) is 127 Å². The first-order chi connectivity index (χ1) is 29.5. The zero-order chi connectivity index (χ0) is 41.3. The number of fused-ring (bicyclic) bond motifs is 4. The topological polar surface area (TPSA) is 3.24 Å². The average Bonchev–Trinajstić information content (AvgIpc) is 3.54. The monoisotopic (exact) mass is 792 g/mol. The molecule has 1 nitrogen and oxygen atoms in total. The van der Waals surface area contributed by atoms with Crippen molar-refractivity contribution in [2.24, 2.45) is 0 Å². The molecule has 310 valence electrons. The summed E-state index contributed by atoms with van der Waals surface area (Å²) in [5.41, 5.74) is 21.3. The summed E-state index contributed by atoms with van der Waals surface area (Å²) in [7, 11) is 2.22. The van der Waals surface area contributed by atoms with Crippen LogP contribution < -0.4 is 4.90 Å². The van der Waals surface area contributed by atoms with E-state index in [1.54, 1.807) is 22.3 Å². The van der Waals surface area contributed by atoms with Crippen molar-refractivity contribution in [2.75, 3.05) is 11.9 Å². The van der Waals surface area contributed by atoms with Crippen molar-refractivity contribution in [2.45, 2.75) is 142 Å². The quantitative estimate of drug-likeness (QED) is 0.0656. The fourth-order valence-corrected chi connectivity index (χ4v) is 10.3. The Balaban J connectivity index is 0.982. The lowest BCUT2D eigenvalue weighted by Gasteiger charge is -2.33. The SMILES string of the molecule is CCCCCCC1(CCCCCC)c2cc(-c3ccc(C)cc3)ccc2-c2ccc(-c3ccc(N(C)c4cccc(CCCCCCc5ccc6c(c5)CC6)c4)cc3)cc21. The average molecular weight is 792 g/mol. The summed E-state index contributed by atoms with van der Waals surface area (Å²) < 4.78 is 0. The molecule has 0 radical (unpaired) electrons. The van der Waals surface area contributed by atoms with Gasteiger partial charge in [0, 0.05) is 23.8 Å². The number of aryl methyl sites for hydroxylation is 5. The Morgan fingerprint density at radius 1 is 0.450 bits per heavy atom. The molecule has 8 rings (SSSR count). The summed E-state index contributed by atoms with van der Waals surface area (Å²) in [6.45, 7) is 6.85. The molecule has 2 aliphatic rings. The predicted molar refractivity (Wildman–Crippen MR) is 260 cm³/mol.